The second-order valence-electron chi connectivity index (χ2n) is 7.34. The van der Waals surface area contributed by atoms with Crippen LogP contribution in [0.3, 0.4) is 0 Å². The number of thiocarbonyl (C=S) groups is 1. The van der Waals surface area contributed by atoms with Crippen molar-refractivity contribution in [1.29, 1.82) is 0 Å². The van der Waals surface area contributed by atoms with Crippen LogP contribution in [-0.2, 0) is 13.1 Å². The summed E-state index contributed by atoms with van der Waals surface area (Å²) in [5, 5.41) is 4.37. The molecule has 0 bridgehead atoms. The molecule has 1 heterocycles. The molecule has 1 aliphatic carbocycles. The Balaban J connectivity index is 1.60. The molecule has 27 heavy (non-hydrogen) atoms. The van der Waals surface area contributed by atoms with Crippen LogP contribution < -0.4 is 5.32 Å². The van der Waals surface area contributed by atoms with E-state index in [2.05, 4.69) is 19.8 Å². The molecular weight excluding hydrogens is 359 g/mol. The van der Waals surface area contributed by atoms with Gasteiger partial charge in [-0.1, -0.05) is 37.8 Å². The van der Waals surface area contributed by atoms with Crippen molar-refractivity contribution in [3.05, 3.63) is 54.4 Å². The lowest BCUT2D eigenvalue weighted by atomic mass is 10.1. The highest BCUT2D eigenvalue weighted by molar-refractivity contribution is 7.80. The molecule has 1 aliphatic rings. The van der Waals surface area contributed by atoms with E-state index in [1.807, 2.05) is 18.6 Å². The summed E-state index contributed by atoms with van der Waals surface area (Å²) in [7, 11) is 0. The zero-order valence-corrected chi connectivity index (χ0v) is 16.6. The summed E-state index contributed by atoms with van der Waals surface area (Å²) in [4.78, 5) is 6.26. The van der Waals surface area contributed by atoms with Crippen LogP contribution >= 0.6 is 12.2 Å². The van der Waals surface area contributed by atoms with E-state index in [4.69, 9.17) is 12.2 Å². The SMILES string of the molecule is Fc1cccc(CN(CCCn2ccnc2)C(=S)NC2CCCCCC2)c1. The molecule has 1 aromatic heterocycles. The fourth-order valence-electron chi connectivity index (χ4n) is 3.66. The number of imidazole rings is 1. The number of rotatable bonds is 7. The highest BCUT2D eigenvalue weighted by Gasteiger charge is 2.17. The number of hydrogen-bond donors (Lipinski definition) is 1. The summed E-state index contributed by atoms with van der Waals surface area (Å²) in [5.74, 6) is -0.200. The molecule has 0 saturated heterocycles. The van der Waals surface area contributed by atoms with Crippen LogP contribution in [0.5, 0.6) is 0 Å². The zero-order chi connectivity index (χ0) is 18.9. The van der Waals surface area contributed by atoms with E-state index < -0.39 is 0 Å². The minimum Gasteiger partial charge on any atom is -0.360 e. The largest absolute Gasteiger partial charge is 0.360 e. The minimum atomic E-state index is -0.200. The van der Waals surface area contributed by atoms with Gasteiger partial charge in [0.05, 0.1) is 6.33 Å². The molecular formula is C21H29FN4S. The molecule has 1 aromatic carbocycles. The maximum absolute atomic E-state index is 13.6. The van der Waals surface area contributed by atoms with Gasteiger partial charge in [0.1, 0.15) is 5.82 Å². The maximum atomic E-state index is 13.6. The Labute approximate surface area is 166 Å². The maximum Gasteiger partial charge on any atom is 0.169 e. The van der Waals surface area contributed by atoms with Crippen molar-refractivity contribution in [2.45, 2.75) is 64.1 Å². The summed E-state index contributed by atoms with van der Waals surface area (Å²) < 4.78 is 15.7. The Morgan fingerprint density at radius 2 is 2.07 bits per heavy atom. The predicted molar refractivity (Wildman–Crippen MR) is 111 cm³/mol. The van der Waals surface area contributed by atoms with Crippen molar-refractivity contribution in [2.24, 2.45) is 0 Å². The Bertz CT molecular complexity index is 696. The third-order valence-electron chi connectivity index (χ3n) is 5.14. The molecule has 3 rings (SSSR count). The van der Waals surface area contributed by atoms with Crippen LogP contribution in [0, 0.1) is 5.82 Å². The van der Waals surface area contributed by atoms with E-state index >= 15 is 0 Å². The van der Waals surface area contributed by atoms with E-state index in [9.17, 15) is 4.39 Å². The summed E-state index contributed by atoms with van der Waals surface area (Å²) >= 11 is 5.75. The average molecular weight is 389 g/mol. The molecule has 0 aliphatic heterocycles. The first-order chi connectivity index (χ1) is 13.2. The van der Waals surface area contributed by atoms with Crippen molar-refractivity contribution in [2.75, 3.05) is 6.54 Å². The molecule has 4 nitrogen and oxygen atoms in total. The van der Waals surface area contributed by atoms with Gasteiger partial charge in [-0.3, -0.25) is 0 Å². The van der Waals surface area contributed by atoms with Crippen LogP contribution in [0.15, 0.2) is 43.0 Å². The standard InChI is InChI=1S/C21H29FN4S/c22-19-8-5-7-18(15-19)16-26(13-6-12-25-14-11-23-17-25)21(27)24-20-9-3-1-2-4-10-20/h5,7-8,11,14-15,17,20H,1-4,6,9-10,12-13,16H2,(H,24,27). The highest BCUT2D eigenvalue weighted by Crippen LogP contribution is 2.18. The number of halogens is 1. The molecule has 6 heteroatoms. The van der Waals surface area contributed by atoms with Crippen LogP contribution in [0.4, 0.5) is 4.39 Å². The first-order valence-corrected chi connectivity index (χ1v) is 10.4. The number of hydrogen-bond acceptors (Lipinski definition) is 2. The Morgan fingerprint density at radius 3 is 2.78 bits per heavy atom. The van der Waals surface area contributed by atoms with Gasteiger partial charge in [-0.2, -0.15) is 0 Å². The molecule has 146 valence electrons. The van der Waals surface area contributed by atoms with Crippen molar-refractivity contribution in [3.63, 3.8) is 0 Å². The van der Waals surface area contributed by atoms with Gasteiger partial charge in [0.2, 0.25) is 0 Å². The summed E-state index contributed by atoms with van der Waals surface area (Å²) in [6.45, 7) is 2.35. The van der Waals surface area contributed by atoms with Crippen molar-refractivity contribution in [1.82, 2.24) is 19.8 Å². The lowest BCUT2D eigenvalue weighted by molar-refractivity contribution is 0.373. The molecule has 0 spiro atoms. The summed E-state index contributed by atoms with van der Waals surface area (Å²) in [5.41, 5.74) is 0.947. The molecule has 0 unspecified atom stereocenters. The van der Waals surface area contributed by atoms with E-state index in [1.165, 1.54) is 44.6 Å². The Morgan fingerprint density at radius 1 is 1.26 bits per heavy atom. The number of nitrogens with zero attached hydrogens (tertiary/aromatic N) is 3. The van der Waals surface area contributed by atoms with Crippen LogP contribution in [0.1, 0.15) is 50.5 Å². The summed E-state index contributed by atoms with van der Waals surface area (Å²) in [6.07, 6.45) is 14.1. The normalized spacial score (nSPS) is 15.3. The Kier molecular flexibility index (Phi) is 7.63. The van der Waals surface area contributed by atoms with E-state index in [0.717, 1.165) is 30.2 Å². The van der Waals surface area contributed by atoms with Gasteiger partial charge in [0.15, 0.2) is 5.11 Å². The number of aromatic nitrogens is 2. The number of nitrogens with one attached hydrogen (secondary N) is 1. The highest BCUT2D eigenvalue weighted by atomic mass is 32.1. The van der Waals surface area contributed by atoms with Crippen LogP contribution in [-0.4, -0.2) is 32.2 Å². The van der Waals surface area contributed by atoms with Gasteiger partial charge in [0.25, 0.3) is 0 Å². The molecule has 0 atom stereocenters. The monoisotopic (exact) mass is 388 g/mol. The quantitative estimate of drug-likeness (QED) is 0.559. The van der Waals surface area contributed by atoms with Crippen molar-refractivity contribution >= 4 is 17.3 Å². The lowest BCUT2D eigenvalue weighted by Gasteiger charge is -2.29. The predicted octanol–water partition coefficient (Wildman–Crippen LogP) is 4.51. The van der Waals surface area contributed by atoms with Gasteiger partial charge >= 0.3 is 0 Å². The molecule has 0 amide bonds. The van der Waals surface area contributed by atoms with Crippen molar-refractivity contribution < 1.29 is 4.39 Å². The fourth-order valence-corrected chi connectivity index (χ4v) is 3.98. The lowest BCUT2D eigenvalue weighted by Crippen LogP contribution is -2.44. The van der Waals surface area contributed by atoms with Gasteiger partial charge in [0, 0.05) is 38.1 Å². The van der Waals surface area contributed by atoms with Gasteiger partial charge in [-0.15, -0.1) is 0 Å². The first kappa shape index (κ1) is 19.8. The third-order valence-corrected chi connectivity index (χ3v) is 5.51. The van der Waals surface area contributed by atoms with Crippen molar-refractivity contribution in [3.8, 4) is 0 Å². The van der Waals surface area contributed by atoms with E-state index in [0.29, 0.717) is 12.6 Å². The molecule has 1 saturated carbocycles. The second-order valence-corrected chi connectivity index (χ2v) is 7.73. The summed E-state index contributed by atoms with van der Waals surface area (Å²) in [6, 6.07) is 7.26. The number of aryl methyl sites for hydroxylation is 1. The fraction of sp³-hybridized carbons (Fsp3) is 0.524. The van der Waals surface area contributed by atoms with E-state index in [-0.39, 0.29) is 5.82 Å². The zero-order valence-electron chi connectivity index (χ0n) is 15.8. The van der Waals surface area contributed by atoms with Gasteiger partial charge in [-0.05, 0) is 49.2 Å². The first-order valence-electron chi connectivity index (χ1n) is 9.96. The Hall–Kier alpha value is -1.95. The molecule has 0 radical (unpaired) electrons. The topological polar surface area (TPSA) is 33.1 Å². The average Bonchev–Trinajstić information content (AvgIpc) is 3.04. The molecule has 2 aromatic rings. The molecule has 1 fully saturated rings. The second kappa shape index (κ2) is 10.4. The van der Waals surface area contributed by atoms with Gasteiger partial charge < -0.3 is 14.8 Å². The van der Waals surface area contributed by atoms with Crippen LogP contribution in [0.2, 0.25) is 0 Å². The minimum absolute atomic E-state index is 0.200. The van der Waals surface area contributed by atoms with Crippen LogP contribution in [0.25, 0.3) is 0 Å². The molecule has 1 N–H and O–H groups in total. The number of benzene rings is 1. The van der Waals surface area contributed by atoms with E-state index in [1.54, 1.807) is 18.3 Å². The smallest absolute Gasteiger partial charge is 0.169 e. The van der Waals surface area contributed by atoms with Gasteiger partial charge in [-0.25, -0.2) is 9.37 Å². The third kappa shape index (κ3) is 6.61.